The molecule has 1 aromatic heterocycles. The summed E-state index contributed by atoms with van der Waals surface area (Å²) in [6, 6.07) is 12.9. The molecule has 1 aliphatic carbocycles. The van der Waals surface area contributed by atoms with Gasteiger partial charge in [0.15, 0.2) is 0 Å². The van der Waals surface area contributed by atoms with Gasteiger partial charge in [0.05, 0.1) is 12.3 Å². The van der Waals surface area contributed by atoms with Crippen molar-refractivity contribution in [1.82, 2.24) is 4.98 Å². The van der Waals surface area contributed by atoms with Gasteiger partial charge in [-0.25, -0.2) is 0 Å². The number of hydrogen-bond acceptors (Lipinski definition) is 2. The number of rotatable bonds is 20. The molecule has 0 unspecified atom stereocenters. The van der Waals surface area contributed by atoms with Gasteiger partial charge in [0.1, 0.15) is 5.75 Å². The molecule has 0 amide bonds. The fourth-order valence-corrected chi connectivity index (χ4v) is 6.16. The van der Waals surface area contributed by atoms with Gasteiger partial charge < -0.3 is 4.74 Å². The number of aromatic nitrogens is 1. The van der Waals surface area contributed by atoms with E-state index in [1.54, 1.807) is 0 Å². The third-order valence-corrected chi connectivity index (χ3v) is 8.75. The van der Waals surface area contributed by atoms with Crippen LogP contribution in [-0.2, 0) is 6.42 Å². The number of ether oxygens (including phenoxy) is 1. The highest BCUT2D eigenvalue weighted by molar-refractivity contribution is 5.60. The quantitative estimate of drug-likeness (QED) is 0.162. The molecule has 1 saturated carbocycles. The number of hydrogen-bond donors (Lipinski definition) is 0. The number of benzene rings is 1. The van der Waals surface area contributed by atoms with Crippen LogP contribution in [0.1, 0.15) is 141 Å². The van der Waals surface area contributed by atoms with E-state index in [0.29, 0.717) is 0 Å². The monoisotopic (exact) mass is 519 g/mol. The summed E-state index contributed by atoms with van der Waals surface area (Å²) >= 11 is 0. The van der Waals surface area contributed by atoms with Crippen molar-refractivity contribution in [1.29, 1.82) is 0 Å². The highest BCUT2D eigenvalue weighted by Crippen LogP contribution is 2.34. The van der Waals surface area contributed by atoms with Crippen LogP contribution in [0.15, 0.2) is 42.6 Å². The molecule has 38 heavy (non-hydrogen) atoms. The summed E-state index contributed by atoms with van der Waals surface area (Å²) in [5, 5.41) is 0. The summed E-state index contributed by atoms with van der Waals surface area (Å²) in [6.07, 6.45) is 29.7. The highest BCUT2D eigenvalue weighted by atomic mass is 16.5. The van der Waals surface area contributed by atoms with Crippen LogP contribution in [0.5, 0.6) is 5.75 Å². The minimum Gasteiger partial charge on any atom is -0.494 e. The molecule has 2 aromatic rings. The van der Waals surface area contributed by atoms with Crippen molar-refractivity contribution in [2.45, 2.75) is 142 Å². The Labute approximate surface area is 235 Å². The first kappa shape index (κ1) is 30.7. The summed E-state index contributed by atoms with van der Waals surface area (Å²) < 4.78 is 6.08. The molecule has 0 spiro atoms. The van der Waals surface area contributed by atoms with Crippen LogP contribution in [0.25, 0.3) is 11.3 Å². The molecule has 2 heteroatoms. The molecular weight excluding hydrogens is 462 g/mol. The van der Waals surface area contributed by atoms with Gasteiger partial charge in [-0.05, 0) is 73.4 Å². The first-order chi connectivity index (χ1) is 18.8. The second-order valence-electron chi connectivity index (χ2n) is 12.0. The second kappa shape index (κ2) is 19.3. The third kappa shape index (κ3) is 12.4. The van der Waals surface area contributed by atoms with Gasteiger partial charge in [-0.1, -0.05) is 123 Å². The lowest BCUT2D eigenvalue weighted by molar-refractivity contribution is 0.228. The van der Waals surface area contributed by atoms with E-state index in [0.717, 1.165) is 36.3 Å². The summed E-state index contributed by atoms with van der Waals surface area (Å²) in [5.41, 5.74) is 3.58. The molecule has 1 aromatic carbocycles. The van der Waals surface area contributed by atoms with Crippen LogP contribution in [-0.4, -0.2) is 11.6 Å². The largest absolute Gasteiger partial charge is 0.494 e. The van der Waals surface area contributed by atoms with Crippen molar-refractivity contribution < 1.29 is 4.74 Å². The van der Waals surface area contributed by atoms with E-state index < -0.39 is 0 Å². The molecule has 0 bridgehead atoms. The maximum atomic E-state index is 6.08. The average Bonchev–Trinajstić information content (AvgIpc) is 2.96. The molecule has 3 rings (SSSR count). The van der Waals surface area contributed by atoms with E-state index in [4.69, 9.17) is 9.72 Å². The van der Waals surface area contributed by atoms with E-state index in [1.807, 2.05) is 0 Å². The fraction of sp³-hybridized carbons (Fsp3) is 0.694. The van der Waals surface area contributed by atoms with Crippen molar-refractivity contribution in [3.8, 4) is 17.0 Å². The topological polar surface area (TPSA) is 22.1 Å². The Hall–Kier alpha value is -1.83. The normalized spacial score (nSPS) is 17.5. The van der Waals surface area contributed by atoms with Crippen LogP contribution < -0.4 is 4.74 Å². The number of pyridine rings is 1. The smallest absolute Gasteiger partial charge is 0.119 e. The Morgan fingerprint density at radius 3 is 1.82 bits per heavy atom. The van der Waals surface area contributed by atoms with Gasteiger partial charge in [0.2, 0.25) is 0 Å². The summed E-state index contributed by atoms with van der Waals surface area (Å²) in [5.74, 6) is 2.92. The van der Waals surface area contributed by atoms with Crippen LogP contribution in [0, 0.1) is 11.8 Å². The third-order valence-electron chi connectivity index (χ3n) is 8.75. The Kier molecular flexibility index (Phi) is 15.6. The fourth-order valence-electron chi connectivity index (χ4n) is 6.16. The molecule has 0 saturated heterocycles. The lowest BCUT2D eigenvalue weighted by atomic mass is 9.78. The molecule has 0 aliphatic heterocycles. The molecular formula is C36H57NO. The molecule has 212 valence electrons. The van der Waals surface area contributed by atoms with Gasteiger partial charge >= 0.3 is 0 Å². The molecule has 0 N–H and O–H groups in total. The van der Waals surface area contributed by atoms with Gasteiger partial charge in [-0.2, -0.15) is 0 Å². The summed E-state index contributed by atoms with van der Waals surface area (Å²) in [7, 11) is 0. The zero-order chi connectivity index (χ0) is 26.7. The zero-order valence-corrected chi connectivity index (χ0v) is 24.9. The SMILES string of the molecule is CCCCCCCCCc1ccc(-c2ccc(OCCC[C@H]3CC[C@H](CCCCCCC)CC3)cc2)nc1. The lowest BCUT2D eigenvalue weighted by Gasteiger charge is -2.28. The minimum absolute atomic E-state index is 0.836. The Morgan fingerprint density at radius 2 is 1.21 bits per heavy atom. The number of unbranched alkanes of at least 4 members (excludes halogenated alkanes) is 10. The van der Waals surface area contributed by atoms with E-state index in [2.05, 4.69) is 56.4 Å². The maximum absolute atomic E-state index is 6.08. The molecule has 1 fully saturated rings. The van der Waals surface area contributed by atoms with Gasteiger partial charge in [-0.3, -0.25) is 4.98 Å². The van der Waals surface area contributed by atoms with Crippen molar-refractivity contribution in [3.63, 3.8) is 0 Å². The predicted molar refractivity (Wildman–Crippen MR) is 165 cm³/mol. The van der Waals surface area contributed by atoms with Crippen molar-refractivity contribution in [2.24, 2.45) is 11.8 Å². The first-order valence-corrected chi connectivity index (χ1v) is 16.5. The van der Waals surface area contributed by atoms with Crippen molar-refractivity contribution in [2.75, 3.05) is 6.61 Å². The summed E-state index contributed by atoms with van der Waals surface area (Å²) in [4.78, 5) is 4.74. The molecule has 1 heterocycles. The maximum Gasteiger partial charge on any atom is 0.119 e. The van der Waals surface area contributed by atoms with E-state index in [-0.39, 0.29) is 0 Å². The average molecular weight is 520 g/mol. The minimum atomic E-state index is 0.836. The van der Waals surface area contributed by atoms with E-state index in [1.165, 1.54) is 133 Å². The van der Waals surface area contributed by atoms with Crippen molar-refractivity contribution in [3.05, 3.63) is 48.2 Å². The molecule has 2 nitrogen and oxygen atoms in total. The zero-order valence-electron chi connectivity index (χ0n) is 24.9. The highest BCUT2D eigenvalue weighted by Gasteiger charge is 2.20. The first-order valence-electron chi connectivity index (χ1n) is 16.5. The van der Waals surface area contributed by atoms with Gasteiger partial charge in [-0.15, -0.1) is 0 Å². The van der Waals surface area contributed by atoms with Crippen LogP contribution in [0.4, 0.5) is 0 Å². The Bertz CT molecular complexity index is 819. The Balaban J connectivity index is 1.25. The van der Waals surface area contributed by atoms with Gasteiger partial charge in [0, 0.05) is 11.8 Å². The molecule has 0 atom stereocenters. The van der Waals surface area contributed by atoms with Crippen LogP contribution in [0.3, 0.4) is 0 Å². The van der Waals surface area contributed by atoms with Gasteiger partial charge in [0.25, 0.3) is 0 Å². The second-order valence-corrected chi connectivity index (χ2v) is 12.0. The lowest BCUT2D eigenvalue weighted by Crippen LogP contribution is -2.15. The van der Waals surface area contributed by atoms with Crippen molar-refractivity contribution >= 4 is 0 Å². The standard InChI is InChI=1S/C36H57NO/c1-3-5-7-9-10-12-14-17-33-23-28-36(37-30-33)34-24-26-35(27-25-34)38-29-15-18-32-21-19-31(20-22-32)16-13-11-8-6-4-2/h23-28,30-32H,3-22,29H2,1-2H3/t31-,32-. The van der Waals surface area contributed by atoms with E-state index >= 15 is 0 Å². The van der Waals surface area contributed by atoms with Crippen LogP contribution >= 0.6 is 0 Å². The number of nitrogens with zero attached hydrogens (tertiary/aromatic N) is 1. The molecule has 1 aliphatic rings. The number of aryl methyl sites for hydroxylation is 1. The Morgan fingerprint density at radius 1 is 0.632 bits per heavy atom. The summed E-state index contributed by atoms with van der Waals surface area (Å²) in [6.45, 7) is 5.42. The van der Waals surface area contributed by atoms with E-state index in [9.17, 15) is 0 Å². The predicted octanol–water partition coefficient (Wildman–Crippen LogP) is 11.4. The molecule has 0 radical (unpaired) electrons. The van der Waals surface area contributed by atoms with Crippen LogP contribution in [0.2, 0.25) is 0 Å².